The van der Waals surface area contributed by atoms with Gasteiger partial charge in [0.15, 0.2) is 22.2 Å². The largest absolute Gasteiger partial charge is 0.477 e. The maximum Gasteiger partial charge on any atom is 0.354 e. The number of oxime groups is 1. The summed E-state index contributed by atoms with van der Waals surface area (Å²) >= 11 is 3.51. The van der Waals surface area contributed by atoms with Crippen molar-refractivity contribution < 1.29 is 34.2 Å². The fourth-order valence-corrected chi connectivity index (χ4v) is 6.90. The Balaban J connectivity index is 1.34. The molecule has 5 N–H and O–H groups in total. The lowest BCUT2D eigenvalue weighted by Gasteiger charge is -2.49. The maximum absolute atomic E-state index is 13.0. The number of nitrogens with zero attached hydrogens (tertiary/aromatic N) is 7. The topological polar surface area (TPSA) is 228 Å². The van der Waals surface area contributed by atoms with Gasteiger partial charge in [-0.3, -0.25) is 14.5 Å². The van der Waals surface area contributed by atoms with E-state index >= 15 is 0 Å². The van der Waals surface area contributed by atoms with E-state index in [1.165, 1.54) is 41.0 Å². The molecule has 19 heteroatoms. The molecule has 1 fully saturated rings. The summed E-state index contributed by atoms with van der Waals surface area (Å²) in [6.45, 7) is 0. The van der Waals surface area contributed by atoms with E-state index in [0.29, 0.717) is 10.6 Å². The van der Waals surface area contributed by atoms with E-state index in [1.807, 2.05) is 0 Å². The second kappa shape index (κ2) is 10.5. The molecule has 39 heavy (non-hydrogen) atoms. The predicted octanol–water partition coefficient (Wildman–Crippen LogP) is -0.257. The number of thioether (sulfide) groups is 2. The number of carboxylic acid groups (broad SMARTS) is 2. The molecule has 202 valence electrons. The van der Waals surface area contributed by atoms with Gasteiger partial charge >= 0.3 is 11.9 Å². The van der Waals surface area contributed by atoms with Crippen LogP contribution in [0.4, 0.5) is 5.13 Å². The molecule has 0 unspecified atom stereocenters. The number of anilines is 1. The van der Waals surface area contributed by atoms with Crippen LogP contribution in [-0.2, 0) is 19.2 Å². The molecule has 2 atom stereocenters. The molecule has 0 spiro atoms. The standard InChI is InChI=1S/C20H17N9O7S3/c1-36-26-12(9-6-39-20(21)24-9)15(30)25-13-16(31)28-14(19(34)35)7(5-38-17(13)28)4-37-11-2-8(18(32)33)23-10-3-22-27-29(10)11/h2-3,6,13,17H,4-5H2,1H3,(H2,21,24)(H,25,30)(H,32,33)(H,34,35)/b26-12-/t13-,17-/m1/s1. The third-order valence-electron chi connectivity index (χ3n) is 5.55. The van der Waals surface area contributed by atoms with Crippen molar-refractivity contribution in [2.24, 2.45) is 5.16 Å². The van der Waals surface area contributed by atoms with Gasteiger partial charge in [0.1, 0.15) is 34.9 Å². The summed E-state index contributed by atoms with van der Waals surface area (Å²) < 4.78 is 1.34. The summed E-state index contributed by atoms with van der Waals surface area (Å²) in [4.78, 5) is 63.4. The number of carbonyl (C=O) groups excluding carboxylic acids is 2. The van der Waals surface area contributed by atoms with Gasteiger partial charge in [-0.05, 0) is 5.57 Å². The predicted molar refractivity (Wildman–Crippen MR) is 138 cm³/mol. The van der Waals surface area contributed by atoms with Crippen LogP contribution in [0.25, 0.3) is 5.65 Å². The van der Waals surface area contributed by atoms with Crippen molar-refractivity contribution in [2.45, 2.75) is 16.4 Å². The van der Waals surface area contributed by atoms with Crippen LogP contribution in [0.15, 0.2) is 39.1 Å². The minimum atomic E-state index is -1.31. The summed E-state index contributed by atoms with van der Waals surface area (Å²) in [7, 11) is 1.25. The number of carboxylic acids is 2. The lowest BCUT2D eigenvalue weighted by Crippen LogP contribution is -2.71. The summed E-state index contributed by atoms with van der Waals surface area (Å²) in [6, 6.07) is 0.307. The molecular formula is C20H17N9O7S3. The van der Waals surface area contributed by atoms with E-state index in [9.17, 15) is 29.4 Å². The minimum Gasteiger partial charge on any atom is -0.477 e. The summed E-state index contributed by atoms with van der Waals surface area (Å²) in [6.07, 6.45) is 1.30. The number of amides is 2. The smallest absolute Gasteiger partial charge is 0.354 e. The molecule has 3 aromatic heterocycles. The monoisotopic (exact) mass is 591 g/mol. The Bertz CT molecular complexity index is 1580. The highest BCUT2D eigenvalue weighted by Crippen LogP contribution is 2.41. The van der Waals surface area contributed by atoms with Crippen molar-refractivity contribution in [3.8, 4) is 0 Å². The number of hydrogen-bond acceptors (Lipinski definition) is 14. The summed E-state index contributed by atoms with van der Waals surface area (Å²) in [5.74, 6) is -3.51. The lowest BCUT2D eigenvalue weighted by atomic mass is 10.0. The number of aromatic nitrogens is 5. The normalized spacial score (nSPS) is 19.1. The van der Waals surface area contributed by atoms with Gasteiger partial charge in [0.25, 0.3) is 11.8 Å². The average molecular weight is 592 g/mol. The van der Waals surface area contributed by atoms with Crippen molar-refractivity contribution in [2.75, 3.05) is 24.3 Å². The number of carbonyl (C=O) groups is 4. The Morgan fingerprint density at radius 1 is 1.28 bits per heavy atom. The van der Waals surface area contributed by atoms with Crippen LogP contribution in [-0.4, -0.2) is 99.4 Å². The van der Waals surface area contributed by atoms with Crippen LogP contribution in [0.5, 0.6) is 0 Å². The average Bonchev–Trinajstić information content (AvgIpc) is 3.56. The molecule has 0 aliphatic carbocycles. The van der Waals surface area contributed by atoms with E-state index in [-0.39, 0.29) is 45.1 Å². The first-order chi connectivity index (χ1) is 18.7. The number of aliphatic carboxylic acids is 1. The van der Waals surface area contributed by atoms with Gasteiger partial charge in [-0.15, -0.1) is 40.0 Å². The van der Waals surface area contributed by atoms with Crippen LogP contribution in [0, 0.1) is 0 Å². The molecule has 3 aromatic rings. The molecular weight excluding hydrogens is 574 g/mol. The van der Waals surface area contributed by atoms with Gasteiger partial charge in [0.2, 0.25) is 0 Å². The van der Waals surface area contributed by atoms with Gasteiger partial charge in [-0.25, -0.2) is 19.6 Å². The number of rotatable bonds is 9. The highest BCUT2D eigenvalue weighted by molar-refractivity contribution is 8.01. The quantitative estimate of drug-likeness (QED) is 0.0827. The molecule has 2 aliphatic heterocycles. The van der Waals surface area contributed by atoms with Crippen molar-refractivity contribution in [1.82, 2.24) is 35.0 Å². The Hall–Kier alpha value is -4.23. The van der Waals surface area contributed by atoms with Crippen LogP contribution in [0.2, 0.25) is 0 Å². The second-order valence-corrected chi connectivity index (χ2v) is 10.9. The van der Waals surface area contributed by atoms with Gasteiger partial charge in [-0.2, -0.15) is 4.52 Å². The first-order valence-corrected chi connectivity index (χ1v) is 13.7. The number of nitrogens with one attached hydrogen (secondary N) is 1. The van der Waals surface area contributed by atoms with E-state index in [0.717, 1.165) is 28.0 Å². The molecule has 1 saturated heterocycles. The van der Waals surface area contributed by atoms with Crippen molar-refractivity contribution in [3.05, 3.63) is 40.3 Å². The van der Waals surface area contributed by atoms with E-state index < -0.39 is 35.2 Å². The highest BCUT2D eigenvalue weighted by Gasteiger charge is 2.54. The lowest BCUT2D eigenvalue weighted by molar-refractivity contribution is -0.150. The highest BCUT2D eigenvalue weighted by atomic mass is 32.2. The Morgan fingerprint density at radius 2 is 2.08 bits per heavy atom. The Kier molecular flexibility index (Phi) is 7.10. The van der Waals surface area contributed by atoms with Gasteiger partial charge in [-0.1, -0.05) is 10.4 Å². The third kappa shape index (κ3) is 4.86. The first kappa shape index (κ1) is 26.4. The maximum atomic E-state index is 13.0. The number of nitrogen functional groups attached to an aromatic ring is 1. The number of nitrogens with two attached hydrogens (primary N) is 1. The van der Waals surface area contributed by atoms with Gasteiger partial charge in [0.05, 0.1) is 6.20 Å². The zero-order valence-electron chi connectivity index (χ0n) is 19.7. The SMILES string of the molecule is CO/N=C(\C(=O)N[C@@H]1C(=O)N2C(C(=O)O)=C(CSc3cc(C(=O)O)nc4cnnn34)CS[C@H]12)c1csc(N)n1. The molecule has 0 saturated carbocycles. The summed E-state index contributed by atoms with van der Waals surface area (Å²) in [5, 5.41) is 34.7. The molecule has 5 rings (SSSR count). The number of β-lactam (4-membered cyclic amide) rings is 1. The van der Waals surface area contributed by atoms with Crippen LogP contribution < -0.4 is 11.1 Å². The first-order valence-electron chi connectivity index (χ1n) is 10.8. The molecule has 2 amide bonds. The fraction of sp³-hybridized carbons (Fsp3) is 0.250. The third-order valence-corrected chi connectivity index (χ3v) is 8.64. The van der Waals surface area contributed by atoms with E-state index in [1.54, 1.807) is 0 Å². The van der Waals surface area contributed by atoms with E-state index in [4.69, 9.17) is 10.6 Å². The van der Waals surface area contributed by atoms with Crippen molar-refractivity contribution >= 4 is 75.1 Å². The van der Waals surface area contributed by atoms with Crippen LogP contribution >= 0.6 is 34.9 Å². The van der Waals surface area contributed by atoms with Crippen molar-refractivity contribution in [3.63, 3.8) is 0 Å². The number of hydrogen-bond donors (Lipinski definition) is 4. The van der Waals surface area contributed by atoms with Gasteiger partial charge < -0.3 is 26.1 Å². The Labute approximate surface area is 230 Å². The zero-order valence-corrected chi connectivity index (χ0v) is 22.1. The zero-order chi connectivity index (χ0) is 27.8. The molecule has 0 radical (unpaired) electrons. The van der Waals surface area contributed by atoms with Crippen molar-refractivity contribution in [1.29, 1.82) is 0 Å². The van der Waals surface area contributed by atoms with E-state index in [2.05, 4.69) is 30.8 Å². The van der Waals surface area contributed by atoms with Crippen LogP contribution in [0.1, 0.15) is 16.2 Å². The minimum absolute atomic E-state index is 0.121. The van der Waals surface area contributed by atoms with Gasteiger partial charge in [0, 0.05) is 23.0 Å². The summed E-state index contributed by atoms with van der Waals surface area (Å²) in [5.41, 5.74) is 5.88. The number of thiazole rings is 1. The molecule has 0 aromatic carbocycles. The molecule has 2 aliphatic rings. The number of fused-ring (bicyclic) bond motifs is 2. The number of aromatic carboxylic acids is 1. The molecule has 5 heterocycles. The molecule has 0 bridgehead atoms. The molecule has 16 nitrogen and oxygen atoms in total. The fourth-order valence-electron chi connectivity index (χ4n) is 3.87. The van der Waals surface area contributed by atoms with Crippen LogP contribution in [0.3, 0.4) is 0 Å². The Morgan fingerprint density at radius 3 is 2.74 bits per heavy atom. The second-order valence-electron chi connectivity index (χ2n) is 7.89.